The van der Waals surface area contributed by atoms with Crippen molar-refractivity contribution >= 4 is 34.0 Å². The minimum absolute atomic E-state index is 0.0277. The molecule has 0 aliphatic heterocycles. The number of aromatic nitrogens is 2. The summed E-state index contributed by atoms with van der Waals surface area (Å²) in [6.07, 6.45) is 0. The first-order valence-corrected chi connectivity index (χ1v) is 15.8. The molecule has 1 rings (SSSR count). The quantitative estimate of drug-likeness (QED) is 0.446. The number of carboxylic acids is 1. The summed E-state index contributed by atoms with van der Waals surface area (Å²) in [7, 11) is -3.20. The molecule has 150 valence electrons. The number of hydrogen-bond acceptors (Lipinski definition) is 4. The second-order valence-electron chi connectivity index (χ2n) is 9.30. The lowest BCUT2D eigenvalue weighted by molar-refractivity contribution is 0.0608. The third-order valence-corrected chi connectivity index (χ3v) is 11.2. The van der Waals surface area contributed by atoms with Gasteiger partial charge in [0.15, 0.2) is 19.2 Å². The van der Waals surface area contributed by atoms with Crippen LogP contribution in [0.1, 0.15) is 37.1 Å². The SMILES string of the molecule is CC(C)(C)[Si](C)(C)OCc1nc(Cl)c(C(=O)O)n1COCC[Si](C)(C)C. The van der Waals surface area contributed by atoms with Gasteiger partial charge < -0.3 is 14.3 Å². The normalized spacial score (nSPS) is 13.3. The Kier molecular flexibility index (Phi) is 7.69. The Labute approximate surface area is 164 Å². The van der Waals surface area contributed by atoms with Crippen LogP contribution in [0, 0.1) is 0 Å². The van der Waals surface area contributed by atoms with Crippen LogP contribution in [0.25, 0.3) is 0 Å². The third kappa shape index (κ3) is 6.49. The number of nitrogens with zero attached hydrogens (tertiary/aromatic N) is 2. The van der Waals surface area contributed by atoms with Gasteiger partial charge in [0, 0.05) is 14.7 Å². The summed E-state index contributed by atoms with van der Waals surface area (Å²) in [5.74, 6) is -0.625. The van der Waals surface area contributed by atoms with Crippen molar-refractivity contribution in [3.05, 3.63) is 16.7 Å². The average Bonchev–Trinajstić information content (AvgIpc) is 2.75. The number of carboxylic acid groups (broad SMARTS) is 1. The van der Waals surface area contributed by atoms with Crippen LogP contribution in [0.3, 0.4) is 0 Å². The molecule has 6 nitrogen and oxygen atoms in total. The molecule has 1 aromatic rings. The van der Waals surface area contributed by atoms with Gasteiger partial charge in [-0.1, -0.05) is 52.0 Å². The summed E-state index contributed by atoms with van der Waals surface area (Å²) in [6, 6.07) is 1.01. The van der Waals surface area contributed by atoms with Gasteiger partial charge in [-0.3, -0.25) is 4.57 Å². The van der Waals surface area contributed by atoms with Crippen LogP contribution < -0.4 is 0 Å². The molecule has 1 heterocycles. The highest BCUT2D eigenvalue weighted by atomic mass is 35.5. The smallest absolute Gasteiger partial charge is 0.355 e. The fourth-order valence-corrected chi connectivity index (χ4v) is 3.88. The van der Waals surface area contributed by atoms with Gasteiger partial charge in [0.05, 0.1) is 6.61 Å². The zero-order valence-electron chi connectivity index (χ0n) is 17.3. The van der Waals surface area contributed by atoms with Gasteiger partial charge in [-0.05, 0) is 24.2 Å². The molecule has 0 atom stereocenters. The van der Waals surface area contributed by atoms with Crippen LogP contribution in [0.2, 0.25) is 49.0 Å². The highest BCUT2D eigenvalue weighted by Gasteiger charge is 2.37. The number of rotatable bonds is 9. The van der Waals surface area contributed by atoms with Gasteiger partial charge in [-0.2, -0.15) is 0 Å². The molecule has 0 spiro atoms. The van der Waals surface area contributed by atoms with Crippen molar-refractivity contribution in [3.63, 3.8) is 0 Å². The van der Waals surface area contributed by atoms with Gasteiger partial charge in [0.1, 0.15) is 12.6 Å². The Morgan fingerprint density at radius 3 is 2.27 bits per heavy atom. The summed E-state index contributed by atoms with van der Waals surface area (Å²) in [6.45, 7) is 18.5. The number of imidazole rings is 1. The summed E-state index contributed by atoms with van der Waals surface area (Å²) < 4.78 is 13.4. The molecule has 0 aliphatic carbocycles. The molecular formula is C17H33ClN2O4Si2. The zero-order chi connectivity index (χ0) is 20.3. The molecule has 0 saturated heterocycles. The molecular weight excluding hydrogens is 388 g/mol. The number of hydrogen-bond donors (Lipinski definition) is 1. The van der Waals surface area contributed by atoms with Crippen LogP contribution in [-0.4, -0.2) is 43.6 Å². The minimum Gasteiger partial charge on any atom is -0.476 e. The molecule has 0 radical (unpaired) electrons. The molecule has 0 amide bonds. The second kappa shape index (κ2) is 8.56. The van der Waals surface area contributed by atoms with Gasteiger partial charge in [-0.15, -0.1) is 0 Å². The molecule has 26 heavy (non-hydrogen) atoms. The Morgan fingerprint density at radius 2 is 1.81 bits per heavy atom. The van der Waals surface area contributed by atoms with Crippen molar-refractivity contribution in [1.82, 2.24) is 9.55 Å². The van der Waals surface area contributed by atoms with E-state index in [0.717, 1.165) is 6.04 Å². The maximum absolute atomic E-state index is 11.6. The van der Waals surface area contributed by atoms with Crippen molar-refractivity contribution in [2.75, 3.05) is 6.61 Å². The van der Waals surface area contributed by atoms with E-state index >= 15 is 0 Å². The first-order valence-electron chi connectivity index (χ1n) is 8.85. The van der Waals surface area contributed by atoms with E-state index < -0.39 is 22.4 Å². The van der Waals surface area contributed by atoms with Crippen LogP contribution in [0.5, 0.6) is 0 Å². The van der Waals surface area contributed by atoms with Crippen molar-refractivity contribution in [3.8, 4) is 0 Å². The van der Waals surface area contributed by atoms with Crippen LogP contribution in [0.15, 0.2) is 0 Å². The molecule has 1 N–H and O–H groups in total. The van der Waals surface area contributed by atoms with Crippen LogP contribution in [-0.2, 0) is 22.5 Å². The highest BCUT2D eigenvalue weighted by molar-refractivity contribution is 6.76. The maximum Gasteiger partial charge on any atom is 0.355 e. The summed E-state index contributed by atoms with van der Waals surface area (Å²) in [5, 5.41) is 9.50. The van der Waals surface area contributed by atoms with E-state index in [-0.39, 0.29) is 29.2 Å². The van der Waals surface area contributed by atoms with E-state index in [1.165, 1.54) is 4.57 Å². The summed E-state index contributed by atoms with van der Waals surface area (Å²) in [4.78, 5) is 15.8. The highest BCUT2D eigenvalue weighted by Crippen LogP contribution is 2.37. The van der Waals surface area contributed by atoms with Crippen LogP contribution in [0.4, 0.5) is 0 Å². The number of carbonyl (C=O) groups is 1. The molecule has 0 fully saturated rings. The zero-order valence-corrected chi connectivity index (χ0v) is 20.0. The van der Waals surface area contributed by atoms with E-state index in [9.17, 15) is 9.90 Å². The van der Waals surface area contributed by atoms with Gasteiger partial charge in [-0.25, -0.2) is 9.78 Å². The van der Waals surface area contributed by atoms with Crippen molar-refractivity contribution in [2.24, 2.45) is 0 Å². The van der Waals surface area contributed by atoms with Crippen molar-refractivity contribution < 1.29 is 19.1 Å². The maximum atomic E-state index is 11.6. The lowest BCUT2D eigenvalue weighted by atomic mass is 10.2. The van der Waals surface area contributed by atoms with Crippen LogP contribution >= 0.6 is 11.6 Å². The standard InChI is InChI=1S/C17H33ClN2O4Si2/c1-17(2,3)26(7,8)24-11-13-19-15(18)14(16(21)22)20(13)12-23-9-10-25(4,5)6/h9-12H2,1-8H3,(H,21,22). The molecule has 0 bridgehead atoms. The monoisotopic (exact) mass is 420 g/mol. The fourth-order valence-electron chi connectivity index (χ4n) is 1.92. The third-order valence-electron chi connectivity index (χ3n) is 4.79. The van der Waals surface area contributed by atoms with Gasteiger partial charge in [0.25, 0.3) is 0 Å². The Hall–Kier alpha value is -0.676. The van der Waals surface area contributed by atoms with Crippen molar-refractivity contribution in [1.29, 1.82) is 0 Å². The van der Waals surface area contributed by atoms with E-state index in [0.29, 0.717) is 12.4 Å². The first-order chi connectivity index (χ1) is 11.7. The molecule has 0 saturated carbocycles. The topological polar surface area (TPSA) is 73.6 Å². The lowest BCUT2D eigenvalue weighted by Gasteiger charge is -2.36. The predicted molar refractivity (Wildman–Crippen MR) is 110 cm³/mol. The second-order valence-corrected chi connectivity index (χ2v) is 20.1. The summed E-state index contributed by atoms with van der Waals surface area (Å²) >= 11 is 6.06. The van der Waals surface area contributed by atoms with Gasteiger partial charge in [0.2, 0.25) is 0 Å². The lowest BCUT2D eigenvalue weighted by Crippen LogP contribution is -2.40. The van der Waals surface area contributed by atoms with Crippen molar-refractivity contribution in [2.45, 2.75) is 77.9 Å². The van der Waals surface area contributed by atoms with E-state index in [4.69, 9.17) is 20.8 Å². The number of ether oxygens (including phenoxy) is 1. The fraction of sp³-hybridized carbons (Fsp3) is 0.765. The predicted octanol–water partition coefficient (Wildman–Crippen LogP) is 5.07. The molecule has 1 aromatic heterocycles. The van der Waals surface area contributed by atoms with E-state index in [1.54, 1.807) is 0 Å². The van der Waals surface area contributed by atoms with E-state index in [1.807, 2.05) is 0 Å². The first kappa shape index (κ1) is 23.4. The van der Waals surface area contributed by atoms with E-state index in [2.05, 4.69) is 58.5 Å². The average molecular weight is 421 g/mol. The largest absolute Gasteiger partial charge is 0.476 e. The Morgan fingerprint density at radius 1 is 1.23 bits per heavy atom. The molecule has 9 heteroatoms. The minimum atomic E-state index is -1.99. The number of halogens is 1. The molecule has 0 unspecified atom stereocenters. The molecule has 0 aromatic carbocycles. The Bertz CT molecular complexity index is 634. The molecule has 0 aliphatic rings. The Balaban J connectivity index is 2.95. The summed E-state index contributed by atoms with van der Waals surface area (Å²) in [5.41, 5.74) is -0.0477. The number of aromatic carboxylic acids is 1. The van der Waals surface area contributed by atoms with Gasteiger partial charge >= 0.3 is 5.97 Å².